The highest BCUT2D eigenvalue weighted by Gasteiger charge is 2.29. The van der Waals surface area contributed by atoms with Gasteiger partial charge in [0.2, 0.25) is 0 Å². The van der Waals surface area contributed by atoms with Gasteiger partial charge in [0.1, 0.15) is 0 Å². The van der Waals surface area contributed by atoms with E-state index in [0.717, 1.165) is 29.2 Å². The van der Waals surface area contributed by atoms with Crippen LogP contribution in [0.5, 0.6) is 0 Å². The maximum atomic E-state index is 4.00. The van der Waals surface area contributed by atoms with Gasteiger partial charge in [-0.15, -0.1) is 0 Å². The number of thioether (sulfide) groups is 1. The molecule has 2 aliphatic rings. The SMILES string of the molecule is CCSC1CCC(NC2CCCC(CC(C)C)C2)C1. The van der Waals surface area contributed by atoms with Gasteiger partial charge in [0.15, 0.2) is 0 Å². The standard InChI is InChI=1S/C17H33NS/c1-4-19-17-9-8-16(12-17)18-15-7-5-6-14(11-15)10-13(2)3/h13-18H,4-12H2,1-3H3. The van der Waals surface area contributed by atoms with Crippen molar-refractivity contribution in [3.05, 3.63) is 0 Å². The van der Waals surface area contributed by atoms with Gasteiger partial charge >= 0.3 is 0 Å². The lowest BCUT2D eigenvalue weighted by molar-refractivity contribution is 0.240. The Morgan fingerprint density at radius 2 is 1.84 bits per heavy atom. The summed E-state index contributed by atoms with van der Waals surface area (Å²) in [4.78, 5) is 0. The minimum atomic E-state index is 0.826. The lowest BCUT2D eigenvalue weighted by Gasteiger charge is -2.32. The van der Waals surface area contributed by atoms with Crippen LogP contribution in [0.15, 0.2) is 0 Å². The molecule has 0 spiro atoms. The van der Waals surface area contributed by atoms with E-state index in [-0.39, 0.29) is 0 Å². The molecule has 2 rings (SSSR count). The van der Waals surface area contributed by atoms with Crippen LogP contribution in [0.25, 0.3) is 0 Å². The Hall–Kier alpha value is 0.310. The van der Waals surface area contributed by atoms with Gasteiger partial charge in [0.25, 0.3) is 0 Å². The monoisotopic (exact) mass is 283 g/mol. The van der Waals surface area contributed by atoms with E-state index in [1.165, 1.54) is 57.1 Å². The fourth-order valence-corrected chi connectivity index (χ4v) is 5.28. The maximum absolute atomic E-state index is 4.00. The summed E-state index contributed by atoms with van der Waals surface area (Å²) in [6, 6.07) is 1.65. The Labute approximate surface area is 124 Å². The lowest BCUT2D eigenvalue weighted by atomic mass is 9.81. The number of hydrogen-bond acceptors (Lipinski definition) is 2. The third-order valence-electron chi connectivity index (χ3n) is 4.85. The van der Waals surface area contributed by atoms with E-state index >= 15 is 0 Å². The van der Waals surface area contributed by atoms with Gasteiger partial charge in [-0.25, -0.2) is 0 Å². The quantitative estimate of drug-likeness (QED) is 0.747. The molecule has 112 valence electrons. The summed E-state index contributed by atoms with van der Waals surface area (Å²) in [5.74, 6) is 3.16. The second-order valence-corrected chi connectivity index (χ2v) is 8.69. The van der Waals surface area contributed by atoms with E-state index in [4.69, 9.17) is 0 Å². The Bertz CT molecular complexity index is 254. The molecule has 1 nitrogen and oxygen atoms in total. The van der Waals surface area contributed by atoms with E-state index < -0.39 is 0 Å². The van der Waals surface area contributed by atoms with Crippen LogP contribution in [0.2, 0.25) is 0 Å². The second-order valence-electron chi connectivity index (χ2n) is 7.11. The first-order valence-electron chi connectivity index (χ1n) is 8.55. The molecular weight excluding hydrogens is 250 g/mol. The normalized spacial score (nSPS) is 36.0. The minimum Gasteiger partial charge on any atom is -0.311 e. The van der Waals surface area contributed by atoms with Crippen molar-refractivity contribution in [2.75, 3.05) is 5.75 Å². The molecule has 1 N–H and O–H groups in total. The van der Waals surface area contributed by atoms with Crippen molar-refractivity contribution < 1.29 is 0 Å². The van der Waals surface area contributed by atoms with Crippen LogP contribution in [-0.2, 0) is 0 Å². The van der Waals surface area contributed by atoms with Crippen LogP contribution in [0.1, 0.15) is 72.1 Å². The first-order valence-corrected chi connectivity index (χ1v) is 9.59. The molecule has 4 unspecified atom stereocenters. The highest BCUT2D eigenvalue weighted by Crippen LogP contribution is 2.33. The molecule has 4 atom stereocenters. The van der Waals surface area contributed by atoms with Crippen LogP contribution in [0.3, 0.4) is 0 Å². The van der Waals surface area contributed by atoms with Crippen LogP contribution in [0, 0.1) is 11.8 Å². The Balaban J connectivity index is 1.70. The molecule has 0 radical (unpaired) electrons. The maximum Gasteiger partial charge on any atom is 0.00805 e. The molecular formula is C17H33NS. The molecule has 2 aliphatic carbocycles. The molecule has 0 saturated heterocycles. The summed E-state index contributed by atoms with van der Waals surface area (Å²) in [5, 5.41) is 4.94. The molecule has 19 heavy (non-hydrogen) atoms. The third-order valence-corrected chi connectivity index (χ3v) is 6.08. The molecule has 0 aromatic carbocycles. The average molecular weight is 284 g/mol. The van der Waals surface area contributed by atoms with Crippen molar-refractivity contribution in [3.63, 3.8) is 0 Å². The minimum absolute atomic E-state index is 0.826. The fraction of sp³-hybridized carbons (Fsp3) is 1.00. The Morgan fingerprint density at radius 3 is 2.58 bits per heavy atom. The van der Waals surface area contributed by atoms with Crippen LogP contribution >= 0.6 is 11.8 Å². The van der Waals surface area contributed by atoms with Gasteiger partial charge < -0.3 is 5.32 Å². The smallest absolute Gasteiger partial charge is 0.00805 e. The summed E-state index contributed by atoms with van der Waals surface area (Å²) in [5.41, 5.74) is 0. The lowest BCUT2D eigenvalue weighted by Crippen LogP contribution is -2.40. The van der Waals surface area contributed by atoms with Gasteiger partial charge in [-0.05, 0) is 56.1 Å². The molecule has 0 heterocycles. The number of rotatable bonds is 6. The summed E-state index contributed by atoms with van der Waals surface area (Å²) < 4.78 is 0. The number of hydrogen-bond donors (Lipinski definition) is 1. The molecule has 0 aromatic rings. The summed E-state index contributed by atoms with van der Waals surface area (Å²) in [6.45, 7) is 7.05. The van der Waals surface area contributed by atoms with Crippen molar-refractivity contribution >= 4 is 11.8 Å². The molecule has 0 aromatic heterocycles. The average Bonchev–Trinajstić information content (AvgIpc) is 2.76. The Morgan fingerprint density at radius 1 is 1.05 bits per heavy atom. The third kappa shape index (κ3) is 5.30. The van der Waals surface area contributed by atoms with Crippen LogP contribution in [-0.4, -0.2) is 23.1 Å². The van der Waals surface area contributed by atoms with Crippen LogP contribution in [0.4, 0.5) is 0 Å². The highest BCUT2D eigenvalue weighted by atomic mass is 32.2. The summed E-state index contributed by atoms with van der Waals surface area (Å²) in [7, 11) is 0. The molecule has 0 aliphatic heterocycles. The highest BCUT2D eigenvalue weighted by molar-refractivity contribution is 7.99. The van der Waals surface area contributed by atoms with Gasteiger partial charge in [-0.3, -0.25) is 0 Å². The molecule has 0 bridgehead atoms. The summed E-state index contributed by atoms with van der Waals surface area (Å²) >= 11 is 2.17. The van der Waals surface area contributed by atoms with Crippen molar-refractivity contribution in [3.8, 4) is 0 Å². The van der Waals surface area contributed by atoms with Gasteiger partial charge in [0, 0.05) is 17.3 Å². The second kappa shape index (κ2) is 7.93. The van der Waals surface area contributed by atoms with Gasteiger partial charge in [0.05, 0.1) is 0 Å². The van der Waals surface area contributed by atoms with E-state index in [9.17, 15) is 0 Å². The first kappa shape index (κ1) is 15.7. The zero-order valence-corrected chi connectivity index (χ0v) is 14.0. The Kier molecular flexibility index (Phi) is 6.55. The van der Waals surface area contributed by atoms with Crippen molar-refractivity contribution in [2.24, 2.45) is 11.8 Å². The summed E-state index contributed by atoms with van der Waals surface area (Å²) in [6.07, 6.45) is 11.5. The predicted molar refractivity (Wildman–Crippen MR) is 87.9 cm³/mol. The van der Waals surface area contributed by atoms with E-state index in [1.807, 2.05) is 0 Å². The largest absolute Gasteiger partial charge is 0.311 e. The molecule has 0 amide bonds. The topological polar surface area (TPSA) is 12.0 Å². The van der Waals surface area contributed by atoms with E-state index in [2.05, 4.69) is 37.8 Å². The first-order chi connectivity index (χ1) is 9.17. The molecule has 2 saturated carbocycles. The van der Waals surface area contributed by atoms with Gasteiger partial charge in [-0.1, -0.05) is 33.6 Å². The van der Waals surface area contributed by atoms with Crippen LogP contribution < -0.4 is 5.32 Å². The number of nitrogens with one attached hydrogen (secondary N) is 1. The zero-order chi connectivity index (χ0) is 13.7. The molecule has 2 heteroatoms. The van der Waals surface area contributed by atoms with Crippen molar-refractivity contribution in [1.29, 1.82) is 0 Å². The zero-order valence-electron chi connectivity index (χ0n) is 13.2. The predicted octanol–water partition coefficient (Wildman–Crippen LogP) is 4.86. The fourth-order valence-electron chi connectivity index (χ4n) is 4.14. The molecule has 2 fully saturated rings. The van der Waals surface area contributed by atoms with E-state index in [0.29, 0.717) is 0 Å². The van der Waals surface area contributed by atoms with Crippen molar-refractivity contribution in [1.82, 2.24) is 5.32 Å². The van der Waals surface area contributed by atoms with E-state index in [1.54, 1.807) is 0 Å². The van der Waals surface area contributed by atoms with Crippen molar-refractivity contribution in [2.45, 2.75) is 89.5 Å². The van der Waals surface area contributed by atoms with Gasteiger partial charge in [-0.2, -0.15) is 11.8 Å².